The number of nitrogens with one attached hydrogen (secondary N) is 1. The number of rotatable bonds is 49. The minimum absolute atomic E-state index is 0.131. The van der Waals surface area contributed by atoms with E-state index in [9.17, 15) is 30.3 Å². The Morgan fingerprint density at radius 2 is 0.781 bits per heavy atom. The van der Waals surface area contributed by atoms with Crippen LogP contribution in [-0.4, -0.2) is 87.5 Å². The van der Waals surface area contributed by atoms with Crippen molar-refractivity contribution in [3.05, 3.63) is 0 Å². The molecule has 1 amide bonds. The van der Waals surface area contributed by atoms with Gasteiger partial charge in [-0.2, -0.15) is 0 Å². The van der Waals surface area contributed by atoms with Crippen LogP contribution in [0, 0.1) is 0 Å². The number of aliphatic hydroxyl groups is 5. The minimum atomic E-state index is -1.55. The fourth-order valence-electron chi connectivity index (χ4n) is 9.46. The van der Waals surface area contributed by atoms with E-state index in [1.807, 2.05) is 0 Å². The lowest BCUT2D eigenvalue weighted by Gasteiger charge is -2.40. The van der Waals surface area contributed by atoms with E-state index in [4.69, 9.17) is 9.47 Å². The van der Waals surface area contributed by atoms with Crippen LogP contribution in [0.1, 0.15) is 290 Å². The summed E-state index contributed by atoms with van der Waals surface area (Å²) in [4.78, 5) is 13.1. The van der Waals surface area contributed by atoms with E-state index in [0.717, 1.165) is 38.5 Å². The van der Waals surface area contributed by atoms with Gasteiger partial charge in [-0.3, -0.25) is 4.79 Å². The van der Waals surface area contributed by atoms with Crippen molar-refractivity contribution in [1.29, 1.82) is 0 Å². The summed E-state index contributed by atoms with van der Waals surface area (Å²) >= 11 is 0. The SMILES string of the molecule is CCCCCCCCCCCCCCCCCCCCCCCCCC(O)C(COC1OC(CO)C(O)C(O)C1O)NC(=O)CCCCCCCCCCCCCCCCCCCC. The van der Waals surface area contributed by atoms with Gasteiger partial charge in [-0.05, 0) is 12.8 Å². The van der Waals surface area contributed by atoms with Crippen molar-refractivity contribution in [1.82, 2.24) is 5.32 Å². The zero-order chi connectivity index (χ0) is 46.6. The molecule has 1 rings (SSSR count). The monoisotopic (exact) mass is 912 g/mol. The Hall–Kier alpha value is -0.810. The van der Waals surface area contributed by atoms with E-state index in [-0.39, 0.29) is 12.5 Å². The van der Waals surface area contributed by atoms with E-state index >= 15 is 0 Å². The van der Waals surface area contributed by atoms with Gasteiger partial charge in [0.25, 0.3) is 0 Å². The first-order valence-corrected chi connectivity index (χ1v) is 28.2. The van der Waals surface area contributed by atoms with Gasteiger partial charge in [-0.25, -0.2) is 0 Å². The average molecular weight is 912 g/mol. The summed E-state index contributed by atoms with van der Waals surface area (Å²) in [6, 6.07) is -0.713. The van der Waals surface area contributed by atoms with Crippen LogP contribution in [0.2, 0.25) is 0 Å². The Kier molecular flexibility index (Phi) is 43.9. The summed E-state index contributed by atoms with van der Waals surface area (Å²) in [5, 5.41) is 54.6. The highest BCUT2D eigenvalue weighted by Gasteiger charge is 2.44. The minimum Gasteiger partial charge on any atom is -0.394 e. The maximum atomic E-state index is 13.1. The van der Waals surface area contributed by atoms with Crippen LogP contribution in [0.4, 0.5) is 0 Å². The number of carbonyl (C=O) groups excluding carboxylic acids is 1. The quantitative estimate of drug-likeness (QED) is 0.0331. The van der Waals surface area contributed by atoms with Gasteiger partial charge >= 0.3 is 0 Å². The third-order valence-electron chi connectivity index (χ3n) is 14.0. The molecule has 1 fully saturated rings. The van der Waals surface area contributed by atoms with Gasteiger partial charge in [-0.15, -0.1) is 0 Å². The maximum absolute atomic E-state index is 13.1. The number of carbonyl (C=O) groups is 1. The Labute approximate surface area is 395 Å². The van der Waals surface area contributed by atoms with Crippen LogP contribution in [0.25, 0.3) is 0 Å². The van der Waals surface area contributed by atoms with E-state index in [2.05, 4.69) is 19.2 Å². The van der Waals surface area contributed by atoms with E-state index in [1.165, 1.54) is 225 Å². The predicted octanol–water partition coefficient (Wildman–Crippen LogP) is 13.5. The molecule has 7 unspecified atom stereocenters. The van der Waals surface area contributed by atoms with Crippen LogP contribution < -0.4 is 5.32 Å². The molecule has 0 radical (unpaired) electrons. The van der Waals surface area contributed by atoms with Gasteiger partial charge in [0.15, 0.2) is 6.29 Å². The molecule has 7 atom stereocenters. The molecule has 1 aliphatic heterocycles. The second-order valence-electron chi connectivity index (χ2n) is 20.1. The van der Waals surface area contributed by atoms with Crippen molar-refractivity contribution in [3.8, 4) is 0 Å². The molecule has 0 bridgehead atoms. The smallest absolute Gasteiger partial charge is 0.220 e. The summed E-state index contributed by atoms with van der Waals surface area (Å²) in [6.45, 7) is 3.88. The molecule has 1 saturated heterocycles. The number of hydrogen-bond donors (Lipinski definition) is 6. The number of amides is 1. The molecule has 0 aromatic carbocycles. The Balaban J connectivity index is 2.20. The van der Waals surface area contributed by atoms with Crippen molar-refractivity contribution >= 4 is 5.91 Å². The lowest BCUT2D eigenvalue weighted by molar-refractivity contribution is -0.302. The standard InChI is InChI=1S/C55H109NO8/c1-3-5-7-9-11-13-15-17-19-21-23-24-25-26-27-28-30-32-34-36-38-40-42-44-49(58)48(47-63-55-54(62)53(61)52(60)50(46-57)64-55)56-51(59)45-43-41-39-37-35-33-31-29-22-20-18-16-14-12-10-8-6-4-2/h48-50,52-55,57-58,60-62H,3-47H2,1-2H3,(H,56,59). The van der Waals surface area contributed by atoms with Crippen LogP contribution in [-0.2, 0) is 14.3 Å². The molecule has 9 nitrogen and oxygen atoms in total. The maximum Gasteiger partial charge on any atom is 0.220 e. The van der Waals surface area contributed by atoms with E-state index in [0.29, 0.717) is 12.8 Å². The Morgan fingerprint density at radius 1 is 0.469 bits per heavy atom. The molecule has 382 valence electrons. The third kappa shape index (κ3) is 35.3. The van der Waals surface area contributed by atoms with Crippen molar-refractivity contribution in [2.75, 3.05) is 13.2 Å². The third-order valence-corrected chi connectivity index (χ3v) is 14.0. The predicted molar refractivity (Wildman–Crippen MR) is 268 cm³/mol. The van der Waals surface area contributed by atoms with Gasteiger partial charge in [0.1, 0.15) is 24.4 Å². The summed E-state index contributed by atoms with van der Waals surface area (Å²) in [6.07, 6.45) is 46.9. The number of unbranched alkanes of at least 4 members (excludes halogenated alkanes) is 39. The fraction of sp³-hybridized carbons (Fsp3) is 0.982. The summed E-state index contributed by atoms with van der Waals surface area (Å²) in [5.41, 5.74) is 0. The first-order valence-electron chi connectivity index (χ1n) is 28.2. The highest BCUT2D eigenvalue weighted by atomic mass is 16.7. The molecule has 0 aromatic rings. The van der Waals surface area contributed by atoms with Gasteiger partial charge in [-0.1, -0.05) is 271 Å². The summed E-state index contributed by atoms with van der Waals surface area (Å²) in [5.74, 6) is -0.137. The highest BCUT2D eigenvalue weighted by Crippen LogP contribution is 2.23. The Bertz CT molecular complexity index is 970. The van der Waals surface area contributed by atoms with Crippen molar-refractivity contribution in [3.63, 3.8) is 0 Å². The van der Waals surface area contributed by atoms with Crippen LogP contribution in [0.15, 0.2) is 0 Å². The first kappa shape index (κ1) is 61.2. The fourth-order valence-corrected chi connectivity index (χ4v) is 9.46. The molecule has 64 heavy (non-hydrogen) atoms. The molecule has 9 heteroatoms. The molecule has 0 aromatic heterocycles. The largest absolute Gasteiger partial charge is 0.394 e. The normalized spacial score (nSPS) is 19.9. The molecule has 0 spiro atoms. The molecule has 0 aliphatic carbocycles. The number of hydrogen-bond acceptors (Lipinski definition) is 8. The van der Waals surface area contributed by atoms with E-state index < -0.39 is 49.5 Å². The molecular formula is C55H109NO8. The van der Waals surface area contributed by atoms with Crippen LogP contribution >= 0.6 is 0 Å². The molecule has 1 aliphatic rings. The Morgan fingerprint density at radius 3 is 1.11 bits per heavy atom. The zero-order valence-electron chi connectivity index (χ0n) is 42.3. The lowest BCUT2D eigenvalue weighted by atomic mass is 9.99. The van der Waals surface area contributed by atoms with Crippen molar-refractivity contribution in [2.45, 2.75) is 333 Å². The lowest BCUT2D eigenvalue weighted by Crippen LogP contribution is -2.60. The first-order chi connectivity index (χ1) is 31.3. The second-order valence-corrected chi connectivity index (χ2v) is 20.1. The molecular weight excluding hydrogens is 803 g/mol. The molecule has 0 saturated carbocycles. The molecule has 1 heterocycles. The molecule has 6 N–H and O–H groups in total. The highest BCUT2D eigenvalue weighted by molar-refractivity contribution is 5.76. The van der Waals surface area contributed by atoms with Crippen molar-refractivity contribution in [2.24, 2.45) is 0 Å². The average Bonchev–Trinajstić information content (AvgIpc) is 3.29. The number of ether oxygens (including phenoxy) is 2. The van der Waals surface area contributed by atoms with Crippen LogP contribution in [0.5, 0.6) is 0 Å². The summed E-state index contributed by atoms with van der Waals surface area (Å²) < 4.78 is 11.3. The van der Waals surface area contributed by atoms with Gasteiger partial charge in [0, 0.05) is 6.42 Å². The zero-order valence-corrected chi connectivity index (χ0v) is 42.3. The van der Waals surface area contributed by atoms with Crippen molar-refractivity contribution < 1.29 is 39.8 Å². The van der Waals surface area contributed by atoms with E-state index in [1.54, 1.807) is 0 Å². The van der Waals surface area contributed by atoms with Gasteiger partial charge < -0.3 is 40.3 Å². The van der Waals surface area contributed by atoms with Gasteiger partial charge in [0.05, 0.1) is 25.4 Å². The topological polar surface area (TPSA) is 149 Å². The van der Waals surface area contributed by atoms with Crippen LogP contribution in [0.3, 0.4) is 0 Å². The summed E-state index contributed by atoms with van der Waals surface area (Å²) in [7, 11) is 0. The number of aliphatic hydroxyl groups excluding tert-OH is 5. The second kappa shape index (κ2) is 45.9. The van der Waals surface area contributed by atoms with Gasteiger partial charge in [0.2, 0.25) is 5.91 Å².